The van der Waals surface area contributed by atoms with E-state index in [-0.39, 0.29) is 5.69 Å². The zero-order valence-electron chi connectivity index (χ0n) is 13.8. The molecule has 0 radical (unpaired) electrons. The van der Waals surface area contributed by atoms with Gasteiger partial charge in [-0.25, -0.2) is 0 Å². The normalized spacial score (nSPS) is 11.2. The summed E-state index contributed by atoms with van der Waals surface area (Å²) in [6.45, 7) is 2.01. The maximum atomic E-state index is 10.7. The van der Waals surface area contributed by atoms with E-state index < -0.39 is 4.92 Å². The summed E-state index contributed by atoms with van der Waals surface area (Å²) >= 11 is 3.53. The number of non-ortho nitro benzene ring substituents is 1. The van der Waals surface area contributed by atoms with E-state index in [1.165, 1.54) is 12.1 Å². The predicted molar refractivity (Wildman–Crippen MR) is 103 cm³/mol. The number of benzene rings is 2. The Morgan fingerprint density at radius 3 is 2.54 bits per heavy atom. The highest BCUT2D eigenvalue weighted by atomic mass is 79.9. The molecular weight excluding hydrogens is 396 g/mol. The Kier molecular flexibility index (Phi) is 5.01. The average Bonchev–Trinajstić information content (AvgIpc) is 3.08. The van der Waals surface area contributed by atoms with Crippen molar-refractivity contribution in [1.82, 2.24) is 0 Å². The zero-order chi connectivity index (χ0) is 18.7. The average molecular weight is 409 g/mol. The summed E-state index contributed by atoms with van der Waals surface area (Å²) in [7, 11) is 0. The Labute approximate surface area is 158 Å². The SMILES string of the molecule is Cc1ccc(-c2ccc(C=C(C#N)c3ccc([N+](=O)[O-])cc3)o2)c(Br)c1. The lowest BCUT2D eigenvalue weighted by Crippen LogP contribution is -1.88. The number of aryl methyl sites for hydroxylation is 1. The molecule has 0 saturated heterocycles. The van der Waals surface area contributed by atoms with Crippen molar-refractivity contribution < 1.29 is 9.34 Å². The molecule has 1 heterocycles. The van der Waals surface area contributed by atoms with Crippen molar-refractivity contribution in [3.63, 3.8) is 0 Å². The van der Waals surface area contributed by atoms with Crippen molar-refractivity contribution in [3.8, 4) is 17.4 Å². The Balaban J connectivity index is 1.92. The minimum Gasteiger partial charge on any atom is -0.457 e. The third-order valence-corrected chi connectivity index (χ3v) is 4.47. The Bertz CT molecular complexity index is 1040. The van der Waals surface area contributed by atoms with Gasteiger partial charge in [-0.3, -0.25) is 10.1 Å². The molecular formula is C20H13BrN2O3. The molecule has 5 nitrogen and oxygen atoms in total. The van der Waals surface area contributed by atoms with Crippen LogP contribution in [0.4, 0.5) is 5.69 Å². The maximum Gasteiger partial charge on any atom is 0.269 e. The predicted octanol–water partition coefficient (Wildman–Crippen LogP) is 5.99. The molecule has 0 bridgehead atoms. The van der Waals surface area contributed by atoms with Crippen LogP contribution in [0.3, 0.4) is 0 Å². The van der Waals surface area contributed by atoms with Gasteiger partial charge in [-0.2, -0.15) is 5.26 Å². The minimum absolute atomic E-state index is 0.0180. The van der Waals surface area contributed by atoms with Gasteiger partial charge in [0.25, 0.3) is 5.69 Å². The Morgan fingerprint density at radius 2 is 1.92 bits per heavy atom. The van der Waals surface area contributed by atoms with E-state index in [0.29, 0.717) is 22.7 Å². The molecule has 0 atom stereocenters. The van der Waals surface area contributed by atoms with Crippen molar-refractivity contribution in [2.45, 2.75) is 6.92 Å². The van der Waals surface area contributed by atoms with E-state index in [1.807, 2.05) is 31.2 Å². The largest absolute Gasteiger partial charge is 0.457 e. The fourth-order valence-electron chi connectivity index (χ4n) is 2.48. The molecule has 0 unspecified atom stereocenters. The lowest BCUT2D eigenvalue weighted by atomic mass is 10.1. The molecule has 0 aliphatic heterocycles. The number of allylic oxidation sites excluding steroid dienone is 1. The lowest BCUT2D eigenvalue weighted by molar-refractivity contribution is -0.384. The summed E-state index contributed by atoms with van der Waals surface area (Å²) in [4.78, 5) is 10.3. The zero-order valence-corrected chi connectivity index (χ0v) is 15.4. The van der Waals surface area contributed by atoms with Crippen molar-refractivity contribution in [1.29, 1.82) is 5.26 Å². The second-order valence-corrected chi connectivity index (χ2v) is 6.51. The smallest absolute Gasteiger partial charge is 0.269 e. The molecule has 0 aliphatic carbocycles. The van der Waals surface area contributed by atoms with Crippen LogP contribution in [0, 0.1) is 28.4 Å². The highest BCUT2D eigenvalue weighted by Gasteiger charge is 2.10. The van der Waals surface area contributed by atoms with Gasteiger partial charge >= 0.3 is 0 Å². The topological polar surface area (TPSA) is 80.1 Å². The number of nitriles is 1. The standard InChI is InChI=1S/C20H13BrN2O3/c1-13-2-8-18(19(21)10-13)20-9-7-17(26-20)11-15(12-22)14-3-5-16(6-4-14)23(24)25/h2-11H,1H3. The van der Waals surface area contributed by atoms with Crippen molar-refractivity contribution in [2.24, 2.45) is 0 Å². The summed E-state index contributed by atoms with van der Waals surface area (Å²) in [6, 6.07) is 17.5. The van der Waals surface area contributed by atoms with E-state index in [9.17, 15) is 15.4 Å². The summed E-state index contributed by atoms with van der Waals surface area (Å²) < 4.78 is 6.77. The molecule has 1 aromatic heterocycles. The first-order valence-corrected chi connectivity index (χ1v) is 8.50. The Hall–Kier alpha value is -3.17. The van der Waals surface area contributed by atoms with Gasteiger partial charge in [0.15, 0.2) is 0 Å². The second kappa shape index (κ2) is 7.38. The van der Waals surface area contributed by atoms with Gasteiger partial charge in [0.05, 0.1) is 16.6 Å². The van der Waals surface area contributed by atoms with Gasteiger partial charge in [0.2, 0.25) is 0 Å². The van der Waals surface area contributed by atoms with E-state index in [2.05, 4.69) is 22.0 Å². The number of hydrogen-bond donors (Lipinski definition) is 0. The van der Waals surface area contributed by atoms with Crippen LogP contribution >= 0.6 is 15.9 Å². The quantitative estimate of drug-likeness (QED) is 0.301. The van der Waals surface area contributed by atoms with Crippen molar-refractivity contribution in [3.05, 3.63) is 86.1 Å². The number of nitro benzene ring substituents is 1. The highest BCUT2D eigenvalue weighted by Crippen LogP contribution is 2.31. The molecule has 3 aromatic rings. The number of nitro groups is 1. The second-order valence-electron chi connectivity index (χ2n) is 5.66. The molecule has 0 fully saturated rings. The van der Waals surface area contributed by atoms with Crippen LogP contribution in [-0.4, -0.2) is 4.92 Å². The third kappa shape index (κ3) is 3.73. The molecule has 0 spiro atoms. The monoisotopic (exact) mass is 408 g/mol. The summed E-state index contributed by atoms with van der Waals surface area (Å²) in [5.41, 5.74) is 2.99. The fourth-order valence-corrected chi connectivity index (χ4v) is 3.17. The molecule has 0 amide bonds. The van der Waals surface area contributed by atoms with E-state index in [0.717, 1.165) is 15.6 Å². The molecule has 6 heteroatoms. The number of nitrogens with zero attached hydrogens (tertiary/aromatic N) is 2. The molecule has 0 saturated carbocycles. The van der Waals surface area contributed by atoms with Crippen molar-refractivity contribution >= 4 is 33.3 Å². The van der Waals surface area contributed by atoms with Crippen LogP contribution in [0.5, 0.6) is 0 Å². The van der Waals surface area contributed by atoms with Gasteiger partial charge in [-0.05, 0) is 60.5 Å². The van der Waals surface area contributed by atoms with Crippen LogP contribution < -0.4 is 0 Å². The van der Waals surface area contributed by atoms with E-state index in [4.69, 9.17) is 4.42 Å². The summed E-state index contributed by atoms with van der Waals surface area (Å²) in [5, 5.41) is 20.2. The lowest BCUT2D eigenvalue weighted by Gasteiger charge is -2.02. The molecule has 3 rings (SSSR count). The van der Waals surface area contributed by atoms with E-state index in [1.54, 1.807) is 24.3 Å². The van der Waals surface area contributed by atoms with Gasteiger partial charge < -0.3 is 4.42 Å². The fraction of sp³-hybridized carbons (Fsp3) is 0.0500. The first kappa shape index (κ1) is 17.6. The molecule has 0 aliphatic rings. The Morgan fingerprint density at radius 1 is 1.19 bits per heavy atom. The number of hydrogen-bond acceptors (Lipinski definition) is 4. The highest BCUT2D eigenvalue weighted by molar-refractivity contribution is 9.10. The molecule has 0 N–H and O–H groups in total. The summed E-state index contributed by atoms with van der Waals surface area (Å²) in [5.74, 6) is 1.21. The van der Waals surface area contributed by atoms with Gasteiger partial charge in [-0.15, -0.1) is 0 Å². The van der Waals surface area contributed by atoms with Gasteiger partial charge in [0.1, 0.15) is 11.5 Å². The van der Waals surface area contributed by atoms with E-state index >= 15 is 0 Å². The van der Waals surface area contributed by atoms with Crippen LogP contribution in [0.2, 0.25) is 0 Å². The van der Waals surface area contributed by atoms with Crippen LogP contribution in [0.15, 0.2) is 63.5 Å². The first-order valence-electron chi connectivity index (χ1n) is 7.71. The molecule has 2 aromatic carbocycles. The number of rotatable bonds is 4. The van der Waals surface area contributed by atoms with Crippen molar-refractivity contribution in [2.75, 3.05) is 0 Å². The van der Waals surface area contributed by atoms with Gasteiger partial charge in [0, 0.05) is 22.2 Å². The number of furan rings is 1. The summed E-state index contributed by atoms with van der Waals surface area (Å²) in [6.07, 6.45) is 1.62. The molecule has 26 heavy (non-hydrogen) atoms. The van der Waals surface area contributed by atoms with Gasteiger partial charge in [-0.1, -0.05) is 22.0 Å². The van der Waals surface area contributed by atoms with Crippen LogP contribution in [0.1, 0.15) is 16.9 Å². The number of halogens is 1. The van der Waals surface area contributed by atoms with Crippen LogP contribution in [0.25, 0.3) is 23.0 Å². The minimum atomic E-state index is -0.474. The first-order chi connectivity index (χ1) is 12.5. The van der Waals surface area contributed by atoms with Crippen LogP contribution in [-0.2, 0) is 0 Å². The molecule has 128 valence electrons. The maximum absolute atomic E-state index is 10.7. The third-order valence-electron chi connectivity index (χ3n) is 3.81.